The summed E-state index contributed by atoms with van der Waals surface area (Å²) in [5.41, 5.74) is 9.03. The minimum Gasteiger partial charge on any atom is -0.327 e. The third-order valence-electron chi connectivity index (χ3n) is 5.35. The minimum atomic E-state index is -0.0232. The predicted molar refractivity (Wildman–Crippen MR) is 83.0 cm³/mol. The lowest BCUT2D eigenvalue weighted by molar-refractivity contribution is -0.121. The van der Waals surface area contributed by atoms with Gasteiger partial charge in [-0.05, 0) is 58.8 Å². The SMILES string of the molecule is Cc1nn(C(C)C)c(C)c1NC(=O)C1C2CCC(C2)C1N. The topological polar surface area (TPSA) is 72.9 Å². The van der Waals surface area contributed by atoms with Crippen molar-refractivity contribution < 1.29 is 4.79 Å². The van der Waals surface area contributed by atoms with Crippen molar-refractivity contribution in [3.05, 3.63) is 11.4 Å². The van der Waals surface area contributed by atoms with E-state index in [1.54, 1.807) is 0 Å². The maximum atomic E-state index is 12.7. The average Bonchev–Trinajstić information content (AvgIpc) is 3.07. The molecule has 0 saturated heterocycles. The van der Waals surface area contributed by atoms with Crippen LogP contribution in [0.2, 0.25) is 0 Å². The Kier molecular flexibility index (Phi) is 3.56. The molecule has 1 aromatic rings. The lowest BCUT2D eigenvalue weighted by Crippen LogP contribution is -2.42. The molecule has 3 rings (SSSR count). The van der Waals surface area contributed by atoms with Crippen molar-refractivity contribution in [3.8, 4) is 0 Å². The second kappa shape index (κ2) is 5.13. The van der Waals surface area contributed by atoms with Crippen LogP contribution in [0.25, 0.3) is 0 Å². The Balaban J connectivity index is 1.79. The summed E-state index contributed by atoms with van der Waals surface area (Å²) >= 11 is 0. The van der Waals surface area contributed by atoms with Gasteiger partial charge in [0.05, 0.1) is 23.0 Å². The first kappa shape index (κ1) is 14.6. The molecule has 1 heterocycles. The van der Waals surface area contributed by atoms with Gasteiger partial charge in [-0.2, -0.15) is 5.10 Å². The molecule has 1 aromatic heterocycles. The number of carbonyl (C=O) groups excluding carboxylic acids is 1. The maximum Gasteiger partial charge on any atom is 0.229 e. The normalized spacial score (nSPS) is 31.1. The molecule has 3 N–H and O–H groups in total. The predicted octanol–water partition coefficient (Wildman–Crippen LogP) is 2.39. The van der Waals surface area contributed by atoms with E-state index in [1.807, 2.05) is 18.5 Å². The summed E-state index contributed by atoms with van der Waals surface area (Å²) in [6, 6.07) is 0.323. The van der Waals surface area contributed by atoms with Crippen LogP contribution in [0.3, 0.4) is 0 Å². The van der Waals surface area contributed by atoms with Crippen LogP contribution in [0.5, 0.6) is 0 Å². The van der Waals surface area contributed by atoms with Crippen molar-refractivity contribution in [2.45, 2.75) is 59.0 Å². The van der Waals surface area contributed by atoms with E-state index in [9.17, 15) is 4.79 Å². The summed E-state index contributed by atoms with van der Waals surface area (Å²) < 4.78 is 1.96. The Labute approximate surface area is 126 Å². The van der Waals surface area contributed by atoms with Crippen molar-refractivity contribution in [1.29, 1.82) is 0 Å². The molecule has 5 nitrogen and oxygen atoms in total. The summed E-state index contributed by atoms with van der Waals surface area (Å²) in [6.07, 6.45) is 3.47. The Morgan fingerprint density at radius 3 is 2.52 bits per heavy atom. The van der Waals surface area contributed by atoms with Gasteiger partial charge in [-0.3, -0.25) is 9.48 Å². The highest BCUT2D eigenvalue weighted by atomic mass is 16.2. The second-order valence-corrected chi connectivity index (χ2v) is 7.01. The first-order chi connectivity index (χ1) is 9.90. The number of carbonyl (C=O) groups is 1. The Morgan fingerprint density at radius 2 is 2.00 bits per heavy atom. The van der Waals surface area contributed by atoms with Gasteiger partial charge in [0.1, 0.15) is 0 Å². The van der Waals surface area contributed by atoms with E-state index < -0.39 is 0 Å². The van der Waals surface area contributed by atoms with Crippen molar-refractivity contribution in [1.82, 2.24) is 9.78 Å². The highest BCUT2D eigenvalue weighted by Crippen LogP contribution is 2.48. The molecule has 2 bridgehead atoms. The quantitative estimate of drug-likeness (QED) is 0.897. The molecule has 0 aliphatic heterocycles. The first-order valence-corrected chi connectivity index (χ1v) is 8.02. The number of hydrogen-bond acceptors (Lipinski definition) is 3. The molecule has 2 fully saturated rings. The van der Waals surface area contributed by atoms with Gasteiger partial charge in [-0.1, -0.05) is 0 Å². The zero-order valence-corrected chi connectivity index (χ0v) is 13.4. The van der Waals surface area contributed by atoms with Gasteiger partial charge in [0, 0.05) is 12.1 Å². The van der Waals surface area contributed by atoms with Gasteiger partial charge >= 0.3 is 0 Å². The van der Waals surface area contributed by atoms with Gasteiger partial charge in [0.25, 0.3) is 0 Å². The molecule has 0 spiro atoms. The van der Waals surface area contributed by atoms with E-state index in [0.29, 0.717) is 17.9 Å². The fraction of sp³-hybridized carbons (Fsp3) is 0.750. The van der Waals surface area contributed by atoms with Crippen LogP contribution in [-0.4, -0.2) is 21.7 Å². The van der Waals surface area contributed by atoms with Crippen LogP contribution in [-0.2, 0) is 4.79 Å². The van der Waals surface area contributed by atoms with Gasteiger partial charge < -0.3 is 11.1 Å². The fourth-order valence-electron chi connectivity index (χ4n) is 4.28. The van der Waals surface area contributed by atoms with Gasteiger partial charge in [0.2, 0.25) is 5.91 Å². The molecule has 116 valence electrons. The number of anilines is 1. The number of nitrogens with one attached hydrogen (secondary N) is 1. The maximum absolute atomic E-state index is 12.7. The average molecular weight is 290 g/mol. The number of aryl methyl sites for hydroxylation is 1. The number of hydrogen-bond donors (Lipinski definition) is 2. The molecule has 2 saturated carbocycles. The molecule has 4 unspecified atom stereocenters. The van der Waals surface area contributed by atoms with Crippen molar-refractivity contribution in [2.75, 3.05) is 5.32 Å². The van der Waals surface area contributed by atoms with Crippen molar-refractivity contribution in [2.24, 2.45) is 23.5 Å². The number of amides is 1. The zero-order chi connectivity index (χ0) is 15.3. The molecular weight excluding hydrogens is 264 g/mol. The molecule has 2 aliphatic rings. The smallest absolute Gasteiger partial charge is 0.229 e. The summed E-state index contributed by atoms with van der Waals surface area (Å²) in [5, 5.41) is 7.64. The van der Waals surface area contributed by atoms with Gasteiger partial charge in [0.15, 0.2) is 0 Å². The van der Waals surface area contributed by atoms with Crippen LogP contribution in [0.4, 0.5) is 5.69 Å². The summed E-state index contributed by atoms with van der Waals surface area (Å²) in [7, 11) is 0. The molecule has 5 heteroatoms. The fourth-order valence-corrected chi connectivity index (χ4v) is 4.28. The van der Waals surface area contributed by atoms with Gasteiger partial charge in [-0.15, -0.1) is 0 Å². The lowest BCUT2D eigenvalue weighted by atomic mass is 9.84. The Bertz CT molecular complexity index is 561. The highest BCUT2D eigenvalue weighted by Gasteiger charge is 2.49. The molecule has 2 aliphatic carbocycles. The second-order valence-electron chi connectivity index (χ2n) is 7.01. The Morgan fingerprint density at radius 1 is 1.33 bits per heavy atom. The molecule has 0 radical (unpaired) electrons. The molecule has 1 amide bonds. The number of nitrogens with two attached hydrogens (primary N) is 1. The van der Waals surface area contributed by atoms with Crippen LogP contribution in [0.15, 0.2) is 0 Å². The molecular formula is C16H26N4O. The van der Waals surface area contributed by atoms with Crippen LogP contribution in [0, 0.1) is 31.6 Å². The van der Waals surface area contributed by atoms with Crippen LogP contribution >= 0.6 is 0 Å². The number of fused-ring (bicyclic) bond motifs is 2. The monoisotopic (exact) mass is 290 g/mol. The summed E-state index contributed by atoms with van der Waals surface area (Å²) in [5.74, 6) is 1.09. The zero-order valence-electron chi connectivity index (χ0n) is 13.4. The van der Waals surface area contributed by atoms with Crippen LogP contribution < -0.4 is 11.1 Å². The molecule has 21 heavy (non-hydrogen) atoms. The third kappa shape index (κ3) is 2.27. The Hall–Kier alpha value is -1.36. The van der Waals surface area contributed by atoms with E-state index in [0.717, 1.165) is 29.9 Å². The minimum absolute atomic E-state index is 0.0232. The largest absolute Gasteiger partial charge is 0.327 e. The highest BCUT2D eigenvalue weighted by molar-refractivity contribution is 5.94. The number of aromatic nitrogens is 2. The summed E-state index contributed by atoms with van der Waals surface area (Å²) in [6.45, 7) is 8.15. The van der Waals surface area contributed by atoms with E-state index in [4.69, 9.17) is 5.73 Å². The van der Waals surface area contributed by atoms with E-state index in [2.05, 4.69) is 24.3 Å². The lowest BCUT2D eigenvalue weighted by Gasteiger charge is -2.27. The number of rotatable bonds is 3. The van der Waals surface area contributed by atoms with Crippen molar-refractivity contribution >= 4 is 11.6 Å². The molecule has 0 aromatic carbocycles. The van der Waals surface area contributed by atoms with E-state index in [1.165, 1.54) is 6.42 Å². The van der Waals surface area contributed by atoms with Crippen LogP contribution in [0.1, 0.15) is 50.5 Å². The van der Waals surface area contributed by atoms with E-state index >= 15 is 0 Å². The standard InChI is InChI=1S/C16H26N4O/c1-8(2)20-10(4)15(9(3)19-20)18-16(21)13-11-5-6-12(7-11)14(13)17/h8,11-14H,5-7,17H2,1-4H3,(H,18,21). The first-order valence-electron chi connectivity index (χ1n) is 8.02. The molecule has 4 atom stereocenters. The summed E-state index contributed by atoms with van der Waals surface area (Å²) in [4.78, 5) is 12.7. The van der Waals surface area contributed by atoms with Gasteiger partial charge in [-0.25, -0.2) is 0 Å². The van der Waals surface area contributed by atoms with E-state index in [-0.39, 0.29) is 17.9 Å². The number of nitrogens with zero attached hydrogens (tertiary/aromatic N) is 2. The third-order valence-corrected chi connectivity index (χ3v) is 5.35. The van der Waals surface area contributed by atoms with Crippen molar-refractivity contribution in [3.63, 3.8) is 0 Å².